The highest BCUT2D eigenvalue weighted by Crippen LogP contribution is 2.28. The first-order valence-corrected chi connectivity index (χ1v) is 6.88. The predicted octanol–water partition coefficient (Wildman–Crippen LogP) is 2.84. The summed E-state index contributed by atoms with van der Waals surface area (Å²) in [6.07, 6.45) is 1.22. The van der Waals surface area contributed by atoms with Crippen LogP contribution in [0.15, 0.2) is 18.2 Å². The van der Waals surface area contributed by atoms with E-state index in [1.807, 2.05) is 0 Å². The second kappa shape index (κ2) is 6.43. The zero-order valence-electron chi connectivity index (χ0n) is 10.9. The number of methoxy groups -OCH3 is 1. The molecule has 0 aromatic heterocycles. The number of imide groups is 1. The molecule has 108 valence electrons. The largest absolute Gasteiger partial charge is 0.385 e. The molecule has 0 bridgehead atoms. The molecule has 0 radical (unpaired) electrons. The van der Waals surface area contributed by atoms with Crippen LogP contribution in [0.3, 0.4) is 0 Å². The fourth-order valence-electron chi connectivity index (χ4n) is 2.07. The van der Waals surface area contributed by atoms with Gasteiger partial charge in [0, 0.05) is 23.8 Å². The summed E-state index contributed by atoms with van der Waals surface area (Å²) in [6, 6.07) is 3.61. The van der Waals surface area contributed by atoms with Gasteiger partial charge in [-0.1, -0.05) is 23.2 Å². The topological polar surface area (TPSA) is 58.6 Å². The van der Waals surface area contributed by atoms with Crippen molar-refractivity contribution in [3.8, 4) is 0 Å². The van der Waals surface area contributed by atoms with E-state index in [2.05, 4.69) is 5.32 Å². The average molecular weight is 317 g/mol. The summed E-state index contributed by atoms with van der Waals surface area (Å²) in [5.41, 5.74) is 0.374. The number of carbonyl (C=O) groups is 2. The lowest BCUT2D eigenvalue weighted by molar-refractivity contribution is -0.118. The number of hydrogen-bond donors (Lipinski definition) is 1. The smallest absolute Gasteiger partial charge is 0.329 e. The van der Waals surface area contributed by atoms with Crippen LogP contribution in [0, 0.1) is 0 Å². The van der Waals surface area contributed by atoms with Gasteiger partial charge in [-0.25, -0.2) is 9.69 Å². The van der Waals surface area contributed by atoms with E-state index < -0.39 is 12.1 Å². The number of amides is 3. The fraction of sp³-hybridized carbons (Fsp3) is 0.385. The van der Waals surface area contributed by atoms with E-state index in [0.29, 0.717) is 35.2 Å². The van der Waals surface area contributed by atoms with Crippen LogP contribution in [0.5, 0.6) is 0 Å². The molecule has 1 aliphatic rings. The monoisotopic (exact) mass is 316 g/mol. The number of hydrogen-bond acceptors (Lipinski definition) is 3. The Labute approximate surface area is 126 Å². The third-order valence-electron chi connectivity index (χ3n) is 2.97. The van der Waals surface area contributed by atoms with Crippen molar-refractivity contribution >= 4 is 40.8 Å². The molecular formula is C13H14Cl2N2O3. The van der Waals surface area contributed by atoms with Gasteiger partial charge in [-0.15, -0.1) is 0 Å². The minimum atomic E-state index is -0.532. The second-order valence-electron chi connectivity index (χ2n) is 4.44. The van der Waals surface area contributed by atoms with E-state index in [1.165, 1.54) is 12.1 Å². The van der Waals surface area contributed by atoms with Gasteiger partial charge in [0.25, 0.3) is 5.91 Å². The summed E-state index contributed by atoms with van der Waals surface area (Å²) in [4.78, 5) is 25.2. The van der Waals surface area contributed by atoms with Gasteiger partial charge in [0.1, 0.15) is 6.04 Å². The van der Waals surface area contributed by atoms with E-state index in [4.69, 9.17) is 27.9 Å². The Bertz CT molecular complexity index is 516. The van der Waals surface area contributed by atoms with Crippen molar-refractivity contribution in [1.82, 2.24) is 5.32 Å². The molecule has 0 saturated carbocycles. The van der Waals surface area contributed by atoms with Gasteiger partial charge in [0.2, 0.25) is 0 Å². The number of rotatable bonds is 5. The quantitative estimate of drug-likeness (QED) is 0.671. The Kier molecular flexibility index (Phi) is 4.86. The van der Waals surface area contributed by atoms with Gasteiger partial charge in [0.15, 0.2) is 0 Å². The molecule has 20 heavy (non-hydrogen) atoms. The molecule has 1 aromatic carbocycles. The third-order valence-corrected chi connectivity index (χ3v) is 3.40. The molecule has 1 fully saturated rings. The first-order chi connectivity index (χ1) is 9.52. The summed E-state index contributed by atoms with van der Waals surface area (Å²) >= 11 is 11.8. The van der Waals surface area contributed by atoms with Crippen molar-refractivity contribution in [2.75, 3.05) is 18.6 Å². The Morgan fingerprint density at radius 1 is 1.25 bits per heavy atom. The Morgan fingerprint density at radius 3 is 2.50 bits per heavy atom. The molecule has 3 amide bonds. The van der Waals surface area contributed by atoms with Crippen molar-refractivity contribution in [2.24, 2.45) is 0 Å². The molecule has 1 unspecified atom stereocenters. The van der Waals surface area contributed by atoms with Gasteiger partial charge < -0.3 is 10.1 Å². The van der Waals surface area contributed by atoms with Crippen molar-refractivity contribution in [3.05, 3.63) is 28.2 Å². The minimum Gasteiger partial charge on any atom is -0.385 e. The van der Waals surface area contributed by atoms with Gasteiger partial charge >= 0.3 is 6.03 Å². The van der Waals surface area contributed by atoms with E-state index in [0.717, 1.165) is 4.90 Å². The van der Waals surface area contributed by atoms with Crippen molar-refractivity contribution in [3.63, 3.8) is 0 Å². The number of ether oxygens (including phenoxy) is 1. The Hall–Kier alpha value is -1.30. The van der Waals surface area contributed by atoms with Crippen LogP contribution < -0.4 is 10.2 Å². The van der Waals surface area contributed by atoms with E-state index in [1.54, 1.807) is 13.2 Å². The Balaban J connectivity index is 2.16. The normalized spacial score (nSPS) is 18.6. The van der Waals surface area contributed by atoms with Crippen LogP contribution in [-0.2, 0) is 9.53 Å². The summed E-state index contributed by atoms with van der Waals surface area (Å²) in [6.45, 7) is 0.544. The third kappa shape index (κ3) is 3.23. The zero-order chi connectivity index (χ0) is 14.7. The lowest BCUT2D eigenvalue weighted by atomic mass is 10.1. The molecule has 1 saturated heterocycles. The van der Waals surface area contributed by atoms with Crippen molar-refractivity contribution in [1.29, 1.82) is 0 Å². The van der Waals surface area contributed by atoms with Gasteiger partial charge in [0.05, 0.1) is 5.69 Å². The van der Waals surface area contributed by atoms with Crippen LogP contribution in [0.1, 0.15) is 12.8 Å². The summed E-state index contributed by atoms with van der Waals surface area (Å²) in [5.74, 6) is -0.301. The molecule has 2 rings (SSSR count). The summed E-state index contributed by atoms with van der Waals surface area (Å²) in [7, 11) is 1.59. The highest BCUT2D eigenvalue weighted by molar-refractivity contribution is 6.35. The number of anilines is 1. The average Bonchev–Trinajstić information content (AvgIpc) is 2.63. The van der Waals surface area contributed by atoms with Crippen LogP contribution in [0.25, 0.3) is 0 Å². The van der Waals surface area contributed by atoms with Gasteiger partial charge in [-0.3, -0.25) is 4.79 Å². The maximum atomic E-state index is 12.2. The molecule has 0 spiro atoms. The lowest BCUT2D eigenvalue weighted by Crippen LogP contribution is -2.31. The fourth-order valence-corrected chi connectivity index (χ4v) is 2.59. The predicted molar refractivity (Wildman–Crippen MR) is 77.4 cm³/mol. The van der Waals surface area contributed by atoms with E-state index in [9.17, 15) is 9.59 Å². The van der Waals surface area contributed by atoms with Gasteiger partial charge in [-0.2, -0.15) is 0 Å². The maximum Gasteiger partial charge on any atom is 0.329 e. The molecule has 5 nitrogen and oxygen atoms in total. The lowest BCUT2D eigenvalue weighted by Gasteiger charge is -2.13. The van der Waals surface area contributed by atoms with Gasteiger partial charge in [-0.05, 0) is 31.0 Å². The molecule has 1 N–H and O–H groups in total. The van der Waals surface area contributed by atoms with Crippen LogP contribution >= 0.6 is 23.2 Å². The number of nitrogens with one attached hydrogen (secondary N) is 1. The van der Waals surface area contributed by atoms with Crippen molar-refractivity contribution in [2.45, 2.75) is 18.9 Å². The van der Waals surface area contributed by atoms with Crippen LogP contribution in [0.2, 0.25) is 10.0 Å². The molecule has 7 heteroatoms. The highest BCUT2D eigenvalue weighted by Gasteiger charge is 2.38. The molecule has 1 aromatic rings. The van der Waals surface area contributed by atoms with Crippen molar-refractivity contribution < 1.29 is 14.3 Å². The maximum absolute atomic E-state index is 12.2. The number of benzene rings is 1. The molecule has 1 atom stereocenters. The standard InChI is InChI=1S/C13H14Cl2N2O3/c1-20-4-2-3-11-12(18)17(13(19)16-11)10-6-8(14)5-9(15)7-10/h5-7,11H,2-4H2,1H3,(H,16,19). The molecule has 1 heterocycles. The molecule has 1 aliphatic heterocycles. The number of nitrogens with zero attached hydrogens (tertiary/aromatic N) is 1. The number of urea groups is 1. The van der Waals surface area contributed by atoms with Crippen LogP contribution in [-0.4, -0.2) is 31.7 Å². The highest BCUT2D eigenvalue weighted by atomic mass is 35.5. The minimum absolute atomic E-state index is 0.301. The Morgan fingerprint density at radius 2 is 1.90 bits per heavy atom. The second-order valence-corrected chi connectivity index (χ2v) is 5.31. The molecule has 0 aliphatic carbocycles. The van der Waals surface area contributed by atoms with E-state index >= 15 is 0 Å². The zero-order valence-corrected chi connectivity index (χ0v) is 12.4. The summed E-state index contributed by atoms with van der Waals surface area (Å²) < 4.78 is 4.93. The SMILES string of the molecule is COCCCC1NC(=O)N(c2cc(Cl)cc(Cl)c2)C1=O. The first-order valence-electron chi connectivity index (χ1n) is 6.12. The number of carbonyl (C=O) groups excluding carboxylic acids is 2. The number of halogens is 2. The summed E-state index contributed by atoms with van der Waals surface area (Å²) in [5, 5.41) is 3.39. The first kappa shape index (κ1) is 15.1. The molecular weight excluding hydrogens is 303 g/mol. The van der Waals surface area contributed by atoms with E-state index in [-0.39, 0.29) is 5.91 Å². The van der Waals surface area contributed by atoms with Crippen LogP contribution in [0.4, 0.5) is 10.5 Å².